The van der Waals surface area contributed by atoms with Gasteiger partial charge in [0.05, 0.1) is 11.1 Å². The average molecular weight is 429 g/mol. The lowest BCUT2D eigenvalue weighted by Crippen LogP contribution is -2.50. The summed E-state index contributed by atoms with van der Waals surface area (Å²) >= 11 is 0. The van der Waals surface area contributed by atoms with Gasteiger partial charge in [-0.1, -0.05) is 24.3 Å². The highest BCUT2D eigenvalue weighted by Gasteiger charge is 2.32. The molecule has 2 heterocycles. The minimum atomic E-state index is -4.53. The molecular formula is C22H18F3N3O3. The summed E-state index contributed by atoms with van der Waals surface area (Å²) in [5.74, 6) is -0.840. The summed E-state index contributed by atoms with van der Waals surface area (Å²) < 4.78 is 38.8. The van der Waals surface area contributed by atoms with Crippen LogP contribution in [0, 0.1) is 0 Å². The monoisotopic (exact) mass is 429 g/mol. The van der Waals surface area contributed by atoms with Crippen molar-refractivity contribution in [2.24, 2.45) is 0 Å². The maximum absolute atomic E-state index is 13.0. The van der Waals surface area contributed by atoms with Crippen LogP contribution < -0.4 is 5.56 Å². The molecule has 0 bridgehead atoms. The number of aromatic nitrogens is 1. The molecule has 1 aliphatic heterocycles. The Morgan fingerprint density at radius 1 is 0.839 bits per heavy atom. The fourth-order valence-electron chi connectivity index (χ4n) is 3.68. The molecule has 1 saturated heterocycles. The Hall–Kier alpha value is -3.62. The molecule has 0 unspecified atom stereocenters. The van der Waals surface area contributed by atoms with E-state index < -0.39 is 17.6 Å². The van der Waals surface area contributed by atoms with Crippen LogP contribution in [0.3, 0.4) is 0 Å². The highest BCUT2D eigenvalue weighted by molar-refractivity contribution is 6.06. The summed E-state index contributed by atoms with van der Waals surface area (Å²) in [6.07, 6.45) is -4.53. The lowest BCUT2D eigenvalue weighted by atomic mass is 10.1. The molecule has 31 heavy (non-hydrogen) atoms. The summed E-state index contributed by atoms with van der Waals surface area (Å²) in [6.45, 7) is 0.791. The second-order valence-corrected chi connectivity index (χ2v) is 7.26. The predicted octanol–water partition coefficient (Wildman–Crippen LogP) is 3.15. The van der Waals surface area contributed by atoms with Crippen molar-refractivity contribution in [3.05, 3.63) is 81.6 Å². The van der Waals surface area contributed by atoms with Crippen LogP contribution in [0.4, 0.5) is 13.2 Å². The standard InChI is InChI=1S/C22H18F3N3O3/c23-22(24,25)15-5-3-4-14(12-15)20(30)27-8-10-28(11-9-27)21(31)17-13-19(29)26-18-7-2-1-6-16(17)18/h1-7,12-13H,8-11H2,(H,26,29). The highest BCUT2D eigenvalue weighted by Crippen LogP contribution is 2.30. The molecule has 3 aromatic rings. The van der Waals surface area contributed by atoms with Gasteiger partial charge in [-0.25, -0.2) is 0 Å². The van der Waals surface area contributed by atoms with Gasteiger partial charge in [0.15, 0.2) is 0 Å². The summed E-state index contributed by atoms with van der Waals surface area (Å²) in [5.41, 5.74) is -0.488. The topological polar surface area (TPSA) is 73.5 Å². The molecule has 9 heteroatoms. The average Bonchev–Trinajstić information content (AvgIpc) is 2.77. The Balaban J connectivity index is 1.49. The number of pyridine rings is 1. The fraction of sp³-hybridized carbons (Fsp3) is 0.227. The van der Waals surface area contributed by atoms with Gasteiger partial charge in [0.2, 0.25) is 5.56 Å². The summed E-state index contributed by atoms with van der Waals surface area (Å²) in [4.78, 5) is 43.2. The first kappa shape index (κ1) is 20.6. The number of halogens is 3. The number of rotatable bonds is 2. The van der Waals surface area contributed by atoms with E-state index in [4.69, 9.17) is 0 Å². The maximum Gasteiger partial charge on any atom is 0.416 e. The number of nitrogens with zero attached hydrogens (tertiary/aromatic N) is 2. The van der Waals surface area contributed by atoms with Crippen LogP contribution >= 0.6 is 0 Å². The van der Waals surface area contributed by atoms with Gasteiger partial charge >= 0.3 is 6.18 Å². The number of aromatic amines is 1. The zero-order valence-corrected chi connectivity index (χ0v) is 16.3. The Kier molecular flexibility index (Phi) is 5.26. The minimum absolute atomic E-state index is 0.0461. The molecule has 2 aromatic carbocycles. The lowest BCUT2D eigenvalue weighted by Gasteiger charge is -2.35. The van der Waals surface area contributed by atoms with Gasteiger partial charge < -0.3 is 14.8 Å². The van der Waals surface area contributed by atoms with Gasteiger partial charge in [-0.05, 0) is 24.3 Å². The van der Waals surface area contributed by atoms with Crippen molar-refractivity contribution in [3.63, 3.8) is 0 Å². The van der Waals surface area contributed by atoms with E-state index in [1.54, 1.807) is 24.3 Å². The molecule has 4 rings (SSSR count). The number of hydrogen-bond acceptors (Lipinski definition) is 3. The van der Waals surface area contributed by atoms with Crippen LogP contribution in [-0.2, 0) is 6.18 Å². The van der Waals surface area contributed by atoms with Crippen LogP contribution in [0.2, 0.25) is 0 Å². The summed E-state index contributed by atoms with van der Waals surface area (Å²) in [7, 11) is 0. The number of carbonyl (C=O) groups is 2. The number of piperazine rings is 1. The normalized spacial score (nSPS) is 14.7. The van der Waals surface area contributed by atoms with Crippen molar-refractivity contribution in [2.75, 3.05) is 26.2 Å². The van der Waals surface area contributed by atoms with Gasteiger partial charge in [-0.15, -0.1) is 0 Å². The number of hydrogen-bond donors (Lipinski definition) is 1. The molecule has 2 amide bonds. The van der Waals surface area contributed by atoms with Gasteiger partial charge in [0, 0.05) is 48.7 Å². The van der Waals surface area contributed by atoms with Crippen molar-refractivity contribution in [3.8, 4) is 0 Å². The molecule has 0 spiro atoms. The van der Waals surface area contributed by atoms with Crippen molar-refractivity contribution in [1.29, 1.82) is 0 Å². The number of para-hydroxylation sites is 1. The predicted molar refractivity (Wildman–Crippen MR) is 108 cm³/mol. The van der Waals surface area contributed by atoms with E-state index in [-0.39, 0.29) is 48.8 Å². The quantitative estimate of drug-likeness (QED) is 0.680. The van der Waals surface area contributed by atoms with Crippen molar-refractivity contribution < 1.29 is 22.8 Å². The number of H-pyrrole nitrogens is 1. The van der Waals surface area contributed by atoms with E-state index in [1.165, 1.54) is 28.0 Å². The Bertz CT molecular complexity index is 1210. The first-order valence-electron chi connectivity index (χ1n) is 9.62. The molecule has 0 aliphatic carbocycles. The van der Waals surface area contributed by atoms with Crippen LogP contribution in [0.1, 0.15) is 26.3 Å². The zero-order valence-electron chi connectivity index (χ0n) is 16.3. The van der Waals surface area contributed by atoms with E-state index in [1.807, 2.05) is 0 Å². The number of benzene rings is 2. The van der Waals surface area contributed by atoms with Crippen LogP contribution in [0.5, 0.6) is 0 Å². The van der Waals surface area contributed by atoms with Gasteiger partial charge in [0.25, 0.3) is 11.8 Å². The largest absolute Gasteiger partial charge is 0.416 e. The second-order valence-electron chi connectivity index (χ2n) is 7.26. The first-order chi connectivity index (χ1) is 14.7. The van der Waals surface area contributed by atoms with E-state index >= 15 is 0 Å². The molecule has 0 saturated carbocycles. The van der Waals surface area contributed by atoms with Gasteiger partial charge in [-0.2, -0.15) is 13.2 Å². The van der Waals surface area contributed by atoms with Crippen molar-refractivity contribution in [2.45, 2.75) is 6.18 Å². The number of alkyl halides is 3. The Labute approximate surface area is 174 Å². The molecule has 160 valence electrons. The van der Waals surface area contributed by atoms with Crippen LogP contribution in [0.15, 0.2) is 59.4 Å². The van der Waals surface area contributed by atoms with Crippen molar-refractivity contribution in [1.82, 2.24) is 14.8 Å². The Morgan fingerprint density at radius 3 is 2.16 bits per heavy atom. The van der Waals surface area contributed by atoms with Crippen LogP contribution in [0.25, 0.3) is 10.9 Å². The maximum atomic E-state index is 13.0. The van der Waals surface area contributed by atoms with Gasteiger partial charge in [0.1, 0.15) is 0 Å². The summed E-state index contributed by atoms with van der Waals surface area (Å²) in [5, 5.41) is 0.620. The van der Waals surface area contributed by atoms with E-state index in [0.717, 1.165) is 12.1 Å². The van der Waals surface area contributed by atoms with E-state index in [9.17, 15) is 27.6 Å². The number of carbonyl (C=O) groups excluding carboxylic acids is 2. The van der Waals surface area contributed by atoms with E-state index in [2.05, 4.69) is 4.98 Å². The summed E-state index contributed by atoms with van der Waals surface area (Å²) in [6, 6.07) is 12.5. The molecule has 1 fully saturated rings. The molecule has 1 aliphatic rings. The fourth-order valence-corrected chi connectivity index (χ4v) is 3.68. The number of fused-ring (bicyclic) bond motifs is 1. The minimum Gasteiger partial charge on any atom is -0.335 e. The lowest BCUT2D eigenvalue weighted by molar-refractivity contribution is -0.137. The van der Waals surface area contributed by atoms with Gasteiger partial charge in [-0.3, -0.25) is 14.4 Å². The first-order valence-corrected chi connectivity index (χ1v) is 9.62. The molecule has 0 radical (unpaired) electrons. The molecule has 0 atom stereocenters. The third-order valence-electron chi connectivity index (χ3n) is 5.27. The van der Waals surface area contributed by atoms with Crippen LogP contribution in [-0.4, -0.2) is 52.8 Å². The zero-order chi connectivity index (χ0) is 22.2. The SMILES string of the molecule is O=C(c1cccc(C(F)(F)F)c1)N1CCN(C(=O)c2cc(=O)[nH]c3ccccc23)CC1. The Morgan fingerprint density at radius 2 is 1.48 bits per heavy atom. The second kappa shape index (κ2) is 7.90. The molecule has 1 aromatic heterocycles. The van der Waals surface area contributed by atoms with Crippen molar-refractivity contribution >= 4 is 22.7 Å². The molecule has 1 N–H and O–H groups in total. The smallest absolute Gasteiger partial charge is 0.335 e. The molecule has 6 nitrogen and oxygen atoms in total. The number of nitrogens with one attached hydrogen (secondary N) is 1. The third-order valence-corrected chi connectivity index (χ3v) is 5.27. The third kappa shape index (κ3) is 4.16. The number of amides is 2. The highest BCUT2D eigenvalue weighted by atomic mass is 19.4. The van der Waals surface area contributed by atoms with E-state index in [0.29, 0.717) is 10.9 Å². The molecular weight excluding hydrogens is 411 g/mol.